The number of hydrogen-bond acceptors (Lipinski definition) is 2. The van der Waals surface area contributed by atoms with Gasteiger partial charge in [-0.05, 0) is 0 Å². The molecule has 1 unspecified atom stereocenters. The van der Waals surface area contributed by atoms with Gasteiger partial charge in [-0.15, -0.1) is 0 Å². The first-order chi connectivity index (χ1) is 9.48. The second-order valence-electron chi connectivity index (χ2n) is 7.36. The summed E-state index contributed by atoms with van der Waals surface area (Å²) in [4.78, 5) is 0. The first kappa shape index (κ1) is 19.2. The fourth-order valence-corrected chi connectivity index (χ4v) is 13.5. The first-order valence-corrected chi connectivity index (χ1v) is 20.7. The van der Waals surface area contributed by atoms with Crippen molar-refractivity contribution in [2.75, 3.05) is 0 Å². The second kappa shape index (κ2) is 7.18. The summed E-state index contributed by atoms with van der Waals surface area (Å²) in [5, 5.41) is 7.64. The fourth-order valence-electron chi connectivity index (χ4n) is 2.12. The van der Waals surface area contributed by atoms with E-state index in [-0.39, 0.29) is 14.5 Å². The Morgan fingerprint density at radius 3 is 2.10 bits per heavy atom. The van der Waals surface area contributed by atoms with Gasteiger partial charge in [-0.1, -0.05) is 0 Å². The molecule has 116 valence electrons. The number of para-hydroxylation sites is 1. The van der Waals surface area contributed by atoms with Gasteiger partial charge in [0.05, 0.1) is 0 Å². The minimum atomic E-state index is -2.88. The number of benzene rings is 1. The number of nitrogens with one attached hydrogen (secondary N) is 1. The molecule has 0 heterocycles. The standard InChI is InChI=1S/C16H24NO.2ClH.Tl/c1-15(2,3)11-18-14-12(10-17)8-7-9-13(14)16(4,5)6;;;/h7-11,17H,1-6H3;2*1H;/q;;;+2/p-2. The Labute approximate surface area is 143 Å². The van der Waals surface area contributed by atoms with E-state index in [1.54, 1.807) is 0 Å². The van der Waals surface area contributed by atoms with E-state index in [4.69, 9.17) is 26.8 Å². The zero-order chi connectivity index (χ0) is 16.4. The van der Waals surface area contributed by atoms with E-state index >= 15 is 0 Å². The summed E-state index contributed by atoms with van der Waals surface area (Å²) >= 11 is -2.88. The Morgan fingerprint density at radius 1 is 1.14 bits per heavy atom. The predicted molar refractivity (Wildman–Crippen MR) is 94.4 cm³/mol. The van der Waals surface area contributed by atoms with Crippen LogP contribution in [0.3, 0.4) is 0 Å². The zero-order valence-electron chi connectivity index (χ0n) is 13.6. The molecule has 1 rings (SSSR count). The predicted octanol–water partition coefficient (Wildman–Crippen LogP) is 5.28. The average molecular weight is 522 g/mol. The molecule has 1 atom stereocenters. The van der Waals surface area contributed by atoms with Crippen molar-refractivity contribution in [3.05, 3.63) is 29.3 Å². The van der Waals surface area contributed by atoms with E-state index < -0.39 is 20.3 Å². The van der Waals surface area contributed by atoms with Crippen LogP contribution in [0.1, 0.15) is 52.7 Å². The van der Waals surface area contributed by atoms with Crippen LogP contribution in [-0.2, 0) is 5.41 Å². The molecular formula is C16H24Cl2NOTl. The van der Waals surface area contributed by atoms with Crippen molar-refractivity contribution in [1.29, 1.82) is 5.41 Å². The average Bonchev–Trinajstić information content (AvgIpc) is 2.32. The van der Waals surface area contributed by atoms with Crippen LogP contribution in [0.2, 0.25) is 0 Å². The number of hydrogen-bond donors (Lipinski definition) is 1. The maximum atomic E-state index is 7.64. The quantitative estimate of drug-likeness (QED) is 0.425. The molecule has 21 heavy (non-hydrogen) atoms. The minimum absolute atomic E-state index is 0.0677. The molecule has 0 saturated heterocycles. The van der Waals surface area contributed by atoms with Crippen molar-refractivity contribution in [3.63, 3.8) is 0 Å². The van der Waals surface area contributed by atoms with Crippen molar-refractivity contribution in [2.24, 2.45) is 5.41 Å². The zero-order valence-corrected chi connectivity index (χ0v) is 19.6. The second-order valence-corrected chi connectivity index (χ2v) is 22.5. The molecular weight excluding hydrogens is 497 g/mol. The summed E-state index contributed by atoms with van der Waals surface area (Å²) in [6.07, 6.45) is 1.33. The van der Waals surface area contributed by atoms with Crippen LogP contribution in [0.25, 0.3) is 0 Å². The molecule has 2 nitrogen and oxygen atoms in total. The molecule has 1 aromatic carbocycles. The summed E-state index contributed by atoms with van der Waals surface area (Å²) in [6.45, 7) is 12.7. The molecule has 1 aromatic rings. The first-order valence-electron chi connectivity index (χ1n) is 7.07. The van der Waals surface area contributed by atoms with Gasteiger partial charge in [0.2, 0.25) is 0 Å². The molecule has 5 heteroatoms. The van der Waals surface area contributed by atoms with Crippen LogP contribution in [0.4, 0.5) is 0 Å². The Bertz CT molecular complexity index is 504. The third-order valence-electron chi connectivity index (χ3n) is 3.34. The molecule has 0 amide bonds. The van der Waals surface area contributed by atoms with Gasteiger partial charge in [0.25, 0.3) is 0 Å². The van der Waals surface area contributed by atoms with E-state index in [0.29, 0.717) is 0 Å². The molecule has 1 N–H and O–H groups in total. The van der Waals surface area contributed by atoms with Gasteiger partial charge in [0, 0.05) is 0 Å². The van der Waals surface area contributed by atoms with Gasteiger partial charge >= 0.3 is 144 Å². The van der Waals surface area contributed by atoms with Crippen molar-refractivity contribution in [3.8, 4) is 5.75 Å². The summed E-state index contributed by atoms with van der Waals surface area (Å²) in [7, 11) is 12.7. The Balaban J connectivity index is 3.37. The summed E-state index contributed by atoms with van der Waals surface area (Å²) in [5.74, 6) is 0.756. The van der Waals surface area contributed by atoms with Crippen molar-refractivity contribution in [2.45, 2.75) is 50.6 Å². The summed E-state index contributed by atoms with van der Waals surface area (Å²) < 4.78 is 6.17. The van der Waals surface area contributed by atoms with Gasteiger partial charge < -0.3 is 0 Å². The van der Waals surface area contributed by atoms with Crippen LogP contribution in [0.5, 0.6) is 5.75 Å². The van der Waals surface area contributed by atoms with E-state index in [1.807, 2.05) is 12.1 Å². The topological polar surface area (TPSA) is 33.1 Å². The Kier molecular flexibility index (Phi) is 6.58. The van der Waals surface area contributed by atoms with Crippen LogP contribution in [0, 0.1) is 10.8 Å². The summed E-state index contributed by atoms with van der Waals surface area (Å²) in [6, 6.07) is 5.91. The monoisotopic (exact) mass is 521 g/mol. The molecule has 0 aliphatic rings. The number of halogens is 2. The molecule has 0 aliphatic carbocycles. The third-order valence-corrected chi connectivity index (χ3v) is 13.5. The molecule has 0 radical (unpaired) electrons. The Morgan fingerprint density at radius 2 is 1.71 bits per heavy atom. The normalized spacial score (nSPS) is 13.7. The van der Waals surface area contributed by atoms with Gasteiger partial charge in [0.15, 0.2) is 0 Å². The van der Waals surface area contributed by atoms with Crippen LogP contribution in [0.15, 0.2) is 18.2 Å². The molecule has 0 aliphatic heterocycles. The van der Waals surface area contributed by atoms with E-state index in [2.05, 4.69) is 47.6 Å². The molecule has 0 spiro atoms. The van der Waals surface area contributed by atoms with E-state index in [1.165, 1.54) is 6.21 Å². The van der Waals surface area contributed by atoms with Crippen molar-refractivity contribution < 1.29 is 4.74 Å². The van der Waals surface area contributed by atoms with E-state index in [0.717, 1.165) is 16.9 Å². The SMILES string of the molecule is CC(C)(C)c1cccc(C=N)c1O[CH]([Tl]([Cl])[Cl])C(C)(C)C. The van der Waals surface area contributed by atoms with Gasteiger partial charge in [-0.25, -0.2) is 0 Å². The maximum absolute atomic E-state index is 7.64. The van der Waals surface area contributed by atoms with Crippen molar-refractivity contribution in [1.82, 2.24) is 0 Å². The molecule has 0 fully saturated rings. The number of rotatable bonds is 4. The van der Waals surface area contributed by atoms with Gasteiger partial charge in [-0.2, -0.15) is 0 Å². The van der Waals surface area contributed by atoms with Crippen LogP contribution in [-0.4, -0.2) is 30.1 Å². The Hall–Kier alpha value is 0.192. The third kappa shape index (κ3) is 5.10. The van der Waals surface area contributed by atoms with Crippen LogP contribution >= 0.6 is 16.6 Å². The van der Waals surface area contributed by atoms with Gasteiger partial charge in [-0.3, -0.25) is 0 Å². The number of ether oxygens (including phenoxy) is 1. The van der Waals surface area contributed by atoms with Crippen molar-refractivity contribution >= 4 is 43.1 Å². The van der Waals surface area contributed by atoms with Gasteiger partial charge in [0.1, 0.15) is 0 Å². The molecule has 0 bridgehead atoms. The fraction of sp³-hybridized carbons (Fsp3) is 0.562. The molecule has 0 aromatic heterocycles. The summed E-state index contributed by atoms with van der Waals surface area (Å²) in [5.41, 5.74) is 1.68. The van der Waals surface area contributed by atoms with E-state index in [9.17, 15) is 0 Å². The molecule has 0 saturated carbocycles. The van der Waals surface area contributed by atoms with Crippen LogP contribution < -0.4 is 4.74 Å².